The minimum absolute atomic E-state index is 0.0304. The van der Waals surface area contributed by atoms with E-state index < -0.39 is 12.5 Å². The van der Waals surface area contributed by atoms with Gasteiger partial charge in [-0.2, -0.15) is 4.98 Å². The standard InChI is InChI=1S/C20H15N7O3/c1-26-13-8-4-2-6-11(13)16-18(26)21-20(24-22-16)25-23-17-12-7-3-5-9-14(12)27(19(17)30)10-15(28)29/h2-9,30H,10H2,1H3,(H,28,29). The summed E-state index contributed by atoms with van der Waals surface area (Å²) in [5.41, 5.74) is 2.92. The molecule has 0 amide bonds. The summed E-state index contributed by atoms with van der Waals surface area (Å²) in [4.78, 5) is 15.6. The molecule has 0 aliphatic carbocycles. The van der Waals surface area contributed by atoms with Gasteiger partial charge in [-0.05, 0) is 12.1 Å². The molecule has 0 aliphatic rings. The number of azo groups is 1. The Balaban J connectivity index is 1.62. The van der Waals surface area contributed by atoms with Crippen molar-refractivity contribution < 1.29 is 15.0 Å². The summed E-state index contributed by atoms with van der Waals surface area (Å²) in [5, 5.41) is 37.6. The Bertz CT molecular complexity index is 1480. The van der Waals surface area contributed by atoms with Crippen LogP contribution in [-0.4, -0.2) is 40.5 Å². The van der Waals surface area contributed by atoms with E-state index in [4.69, 9.17) is 5.11 Å². The maximum atomic E-state index is 11.2. The van der Waals surface area contributed by atoms with Crippen LogP contribution in [0.1, 0.15) is 0 Å². The number of fused-ring (bicyclic) bond motifs is 4. The Morgan fingerprint density at radius 3 is 2.47 bits per heavy atom. The number of nitrogens with zero attached hydrogens (tertiary/aromatic N) is 7. The summed E-state index contributed by atoms with van der Waals surface area (Å²) in [6.07, 6.45) is 0. The molecule has 0 bridgehead atoms. The molecule has 0 spiro atoms. The zero-order valence-corrected chi connectivity index (χ0v) is 15.8. The van der Waals surface area contributed by atoms with Crippen molar-refractivity contribution in [1.29, 1.82) is 0 Å². The largest absolute Gasteiger partial charge is 0.493 e. The number of benzene rings is 2. The lowest BCUT2D eigenvalue weighted by atomic mass is 10.2. The Morgan fingerprint density at radius 2 is 1.70 bits per heavy atom. The van der Waals surface area contributed by atoms with Crippen molar-refractivity contribution >= 4 is 50.6 Å². The molecule has 0 saturated heterocycles. The van der Waals surface area contributed by atoms with E-state index in [0.29, 0.717) is 22.1 Å². The van der Waals surface area contributed by atoms with Crippen LogP contribution >= 0.6 is 0 Å². The molecule has 5 aromatic rings. The third kappa shape index (κ3) is 2.65. The minimum Gasteiger partial charge on any atom is -0.493 e. The lowest BCUT2D eigenvalue weighted by molar-refractivity contribution is -0.137. The van der Waals surface area contributed by atoms with E-state index in [-0.39, 0.29) is 17.5 Å². The van der Waals surface area contributed by atoms with Crippen LogP contribution in [0.2, 0.25) is 0 Å². The highest BCUT2D eigenvalue weighted by Gasteiger charge is 2.18. The molecular formula is C20H15N7O3. The fourth-order valence-electron chi connectivity index (χ4n) is 3.60. The van der Waals surface area contributed by atoms with Gasteiger partial charge in [0, 0.05) is 17.8 Å². The average Bonchev–Trinajstić information content (AvgIpc) is 3.18. The van der Waals surface area contributed by atoms with Crippen LogP contribution < -0.4 is 0 Å². The first-order chi connectivity index (χ1) is 14.5. The number of aliphatic carboxylic acids is 1. The minimum atomic E-state index is -1.08. The molecule has 2 N–H and O–H groups in total. The summed E-state index contributed by atoms with van der Waals surface area (Å²) in [6, 6.07) is 14.7. The molecule has 0 saturated carbocycles. The van der Waals surface area contributed by atoms with Crippen LogP contribution in [0.4, 0.5) is 11.6 Å². The molecule has 2 aromatic carbocycles. The van der Waals surface area contributed by atoms with Crippen LogP contribution in [0.15, 0.2) is 58.8 Å². The highest BCUT2D eigenvalue weighted by molar-refractivity contribution is 6.04. The van der Waals surface area contributed by atoms with Gasteiger partial charge in [0.1, 0.15) is 12.1 Å². The van der Waals surface area contributed by atoms with Gasteiger partial charge in [0.25, 0.3) is 5.95 Å². The van der Waals surface area contributed by atoms with Gasteiger partial charge in [-0.15, -0.1) is 20.4 Å². The summed E-state index contributed by atoms with van der Waals surface area (Å²) >= 11 is 0. The summed E-state index contributed by atoms with van der Waals surface area (Å²) in [6.45, 7) is -0.401. The molecule has 0 fully saturated rings. The van der Waals surface area contributed by atoms with Gasteiger partial charge in [-0.25, -0.2) is 0 Å². The van der Waals surface area contributed by atoms with Crippen LogP contribution in [0.5, 0.6) is 5.88 Å². The normalized spacial score (nSPS) is 11.9. The summed E-state index contributed by atoms with van der Waals surface area (Å²) in [7, 11) is 1.88. The van der Waals surface area contributed by atoms with Gasteiger partial charge in [0.2, 0.25) is 5.88 Å². The van der Waals surface area contributed by atoms with Crippen LogP contribution in [-0.2, 0) is 18.4 Å². The van der Waals surface area contributed by atoms with Gasteiger partial charge in [0.05, 0.1) is 11.0 Å². The van der Waals surface area contributed by atoms with E-state index in [1.807, 2.05) is 35.9 Å². The molecule has 3 heterocycles. The van der Waals surface area contributed by atoms with Crippen molar-refractivity contribution in [2.75, 3.05) is 0 Å². The topological polar surface area (TPSA) is 131 Å². The summed E-state index contributed by atoms with van der Waals surface area (Å²) in [5.74, 6) is -1.34. The first kappa shape index (κ1) is 17.7. The smallest absolute Gasteiger partial charge is 0.323 e. The molecule has 5 rings (SSSR count). The van der Waals surface area contributed by atoms with Gasteiger partial charge in [-0.1, -0.05) is 36.4 Å². The number of carbonyl (C=O) groups is 1. The number of hydrogen-bond acceptors (Lipinski definition) is 7. The van der Waals surface area contributed by atoms with Crippen LogP contribution in [0, 0.1) is 0 Å². The van der Waals surface area contributed by atoms with Crippen molar-refractivity contribution in [2.24, 2.45) is 17.3 Å². The second-order valence-electron chi connectivity index (χ2n) is 6.73. The first-order valence-electron chi connectivity index (χ1n) is 9.06. The van der Waals surface area contributed by atoms with E-state index in [1.165, 1.54) is 4.57 Å². The number of aryl methyl sites for hydroxylation is 1. The van der Waals surface area contributed by atoms with Gasteiger partial charge >= 0.3 is 5.97 Å². The van der Waals surface area contributed by atoms with Crippen LogP contribution in [0.3, 0.4) is 0 Å². The van der Waals surface area contributed by atoms with Crippen molar-refractivity contribution in [3.63, 3.8) is 0 Å². The molecule has 30 heavy (non-hydrogen) atoms. The zero-order chi connectivity index (χ0) is 20.8. The summed E-state index contributed by atoms with van der Waals surface area (Å²) < 4.78 is 3.16. The van der Waals surface area contributed by atoms with Crippen molar-refractivity contribution in [3.05, 3.63) is 48.5 Å². The first-order valence-corrected chi connectivity index (χ1v) is 9.06. The van der Waals surface area contributed by atoms with Gasteiger partial charge < -0.3 is 14.8 Å². The SMILES string of the molecule is Cn1c2ccccc2c2nnc(N=Nc3c(O)n(CC(=O)O)c4ccccc34)nc21. The average molecular weight is 401 g/mol. The van der Waals surface area contributed by atoms with Crippen LogP contribution in [0.25, 0.3) is 33.0 Å². The number of carboxylic acids is 1. The van der Waals surface area contributed by atoms with E-state index in [9.17, 15) is 9.90 Å². The van der Waals surface area contributed by atoms with E-state index in [0.717, 1.165) is 10.9 Å². The lowest BCUT2D eigenvalue weighted by Gasteiger charge is -2.02. The Labute approximate surface area is 168 Å². The van der Waals surface area contributed by atoms with Gasteiger partial charge in [0.15, 0.2) is 11.3 Å². The molecule has 0 atom stereocenters. The number of aromatic nitrogens is 5. The highest BCUT2D eigenvalue weighted by Crippen LogP contribution is 2.39. The highest BCUT2D eigenvalue weighted by atomic mass is 16.4. The Kier molecular flexibility index (Phi) is 3.91. The molecule has 148 valence electrons. The molecular weight excluding hydrogens is 386 g/mol. The second-order valence-corrected chi connectivity index (χ2v) is 6.73. The van der Waals surface area contributed by atoms with E-state index >= 15 is 0 Å². The third-order valence-corrected chi connectivity index (χ3v) is 4.95. The van der Waals surface area contributed by atoms with Crippen molar-refractivity contribution in [2.45, 2.75) is 6.54 Å². The third-order valence-electron chi connectivity index (χ3n) is 4.95. The predicted molar refractivity (Wildman–Crippen MR) is 109 cm³/mol. The molecule has 3 aromatic heterocycles. The van der Waals surface area contributed by atoms with Crippen molar-refractivity contribution in [3.8, 4) is 5.88 Å². The van der Waals surface area contributed by atoms with E-state index in [2.05, 4.69) is 25.4 Å². The molecule has 0 radical (unpaired) electrons. The lowest BCUT2D eigenvalue weighted by Crippen LogP contribution is -2.07. The molecule has 0 unspecified atom stereocenters. The molecule has 0 aliphatic heterocycles. The predicted octanol–water partition coefficient (Wildman–Crippen LogP) is 3.68. The maximum absolute atomic E-state index is 11.2. The maximum Gasteiger partial charge on any atom is 0.323 e. The zero-order valence-electron chi connectivity index (χ0n) is 15.8. The number of hydrogen-bond donors (Lipinski definition) is 2. The molecule has 10 heteroatoms. The number of rotatable bonds is 4. The quantitative estimate of drug-likeness (QED) is 0.442. The second kappa shape index (κ2) is 6.62. The Hall–Kier alpha value is -4.34. The Morgan fingerprint density at radius 1 is 1.00 bits per heavy atom. The van der Waals surface area contributed by atoms with Gasteiger partial charge in [-0.3, -0.25) is 9.36 Å². The fraction of sp³-hybridized carbons (Fsp3) is 0.100. The van der Waals surface area contributed by atoms with Crippen molar-refractivity contribution in [1.82, 2.24) is 24.3 Å². The number of carboxylic acid groups (broad SMARTS) is 1. The number of para-hydroxylation sites is 2. The molecule has 10 nitrogen and oxygen atoms in total. The van der Waals surface area contributed by atoms with E-state index in [1.54, 1.807) is 24.3 Å². The number of aromatic hydroxyl groups is 1. The monoisotopic (exact) mass is 401 g/mol. The fourth-order valence-corrected chi connectivity index (χ4v) is 3.60.